The van der Waals surface area contributed by atoms with Gasteiger partial charge in [-0.1, -0.05) is 43.5 Å². The molecule has 1 aromatic rings. The third-order valence-corrected chi connectivity index (χ3v) is 4.36. The number of carbonyl (C=O) groups is 2. The first-order chi connectivity index (χ1) is 9.68. The fourth-order valence-electron chi connectivity index (χ4n) is 3.30. The molecule has 2 aliphatic rings. The van der Waals surface area contributed by atoms with Crippen molar-refractivity contribution in [2.75, 3.05) is 0 Å². The van der Waals surface area contributed by atoms with Crippen molar-refractivity contribution in [1.82, 2.24) is 0 Å². The van der Waals surface area contributed by atoms with E-state index in [4.69, 9.17) is 0 Å². The van der Waals surface area contributed by atoms with Crippen molar-refractivity contribution in [3.63, 3.8) is 0 Å². The summed E-state index contributed by atoms with van der Waals surface area (Å²) < 4.78 is 0. The molecular weight excluding hydrogens is 250 g/mol. The van der Waals surface area contributed by atoms with Crippen molar-refractivity contribution in [3.8, 4) is 0 Å². The van der Waals surface area contributed by atoms with E-state index in [1.54, 1.807) is 24.3 Å². The maximum absolute atomic E-state index is 12.4. The lowest BCUT2D eigenvalue weighted by Crippen LogP contribution is -2.25. The van der Waals surface area contributed by atoms with Crippen LogP contribution < -0.4 is 0 Å². The molecule has 0 spiro atoms. The normalized spacial score (nSPS) is 21.4. The SMILES string of the molecule is CC(=NC1CCCCC1)C1C(=O)c2ccccc2C1=O. The van der Waals surface area contributed by atoms with Gasteiger partial charge in [-0.05, 0) is 19.8 Å². The van der Waals surface area contributed by atoms with E-state index in [-0.39, 0.29) is 11.6 Å². The standard InChI is InChI=1S/C17H19NO2/c1-11(18-12-7-3-2-4-8-12)15-16(19)13-9-5-6-10-14(13)17(15)20/h5-6,9-10,12,15H,2-4,7-8H2,1H3. The lowest BCUT2D eigenvalue weighted by Gasteiger charge is -2.19. The Balaban J connectivity index is 1.86. The maximum Gasteiger partial charge on any atom is 0.180 e. The molecule has 0 atom stereocenters. The van der Waals surface area contributed by atoms with Crippen LogP contribution in [0.15, 0.2) is 29.3 Å². The fraction of sp³-hybridized carbons (Fsp3) is 0.471. The Morgan fingerprint density at radius 3 is 2.10 bits per heavy atom. The lowest BCUT2D eigenvalue weighted by molar-refractivity contribution is 0.0883. The van der Waals surface area contributed by atoms with E-state index < -0.39 is 5.92 Å². The molecule has 0 bridgehead atoms. The highest BCUT2D eigenvalue weighted by molar-refractivity contribution is 6.36. The van der Waals surface area contributed by atoms with Crippen molar-refractivity contribution in [2.24, 2.45) is 10.9 Å². The molecule has 3 rings (SSSR count). The first kappa shape index (κ1) is 13.2. The van der Waals surface area contributed by atoms with Gasteiger partial charge < -0.3 is 0 Å². The number of hydrogen-bond donors (Lipinski definition) is 0. The second-order valence-corrected chi connectivity index (χ2v) is 5.77. The maximum atomic E-state index is 12.4. The topological polar surface area (TPSA) is 46.5 Å². The van der Waals surface area contributed by atoms with Crippen LogP contribution in [0, 0.1) is 5.92 Å². The Morgan fingerprint density at radius 1 is 1.00 bits per heavy atom. The summed E-state index contributed by atoms with van der Waals surface area (Å²) in [5, 5.41) is 0. The second-order valence-electron chi connectivity index (χ2n) is 5.77. The van der Waals surface area contributed by atoms with E-state index in [1.807, 2.05) is 6.92 Å². The van der Waals surface area contributed by atoms with Gasteiger partial charge in [0, 0.05) is 22.9 Å². The molecule has 104 valence electrons. The van der Waals surface area contributed by atoms with Crippen LogP contribution in [0.4, 0.5) is 0 Å². The van der Waals surface area contributed by atoms with Crippen molar-refractivity contribution >= 4 is 17.3 Å². The van der Waals surface area contributed by atoms with Crippen molar-refractivity contribution in [3.05, 3.63) is 35.4 Å². The van der Waals surface area contributed by atoms with Gasteiger partial charge in [0.1, 0.15) is 5.92 Å². The third-order valence-electron chi connectivity index (χ3n) is 4.36. The van der Waals surface area contributed by atoms with E-state index in [2.05, 4.69) is 4.99 Å². The predicted octanol–water partition coefficient (Wildman–Crippen LogP) is 3.48. The minimum atomic E-state index is -0.672. The zero-order valence-corrected chi connectivity index (χ0v) is 11.8. The number of Topliss-reactive ketones (excluding diaryl/α,β-unsaturated/α-hetero) is 2. The summed E-state index contributed by atoms with van der Waals surface area (Å²) in [6.45, 7) is 1.83. The van der Waals surface area contributed by atoms with Crippen molar-refractivity contribution < 1.29 is 9.59 Å². The highest BCUT2D eigenvalue weighted by Gasteiger charge is 2.40. The van der Waals surface area contributed by atoms with E-state index in [0.717, 1.165) is 12.8 Å². The molecule has 0 heterocycles. The Labute approximate surface area is 119 Å². The number of carbonyl (C=O) groups excluding carboxylic acids is 2. The molecule has 1 aromatic carbocycles. The van der Waals surface area contributed by atoms with Gasteiger partial charge in [0.25, 0.3) is 0 Å². The zero-order valence-electron chi connectivity index (χ0n) is 11.8. The molecule has 20 heavy (non-hydrogen) atoms. The molecule has 0 radical (unpaired) electrons. The van der Waals surface area contributed by atoms with Crippen LogP contribution in [-0.4, -0.2) is 23.3 Å². The van der Waals surface area contributed by atoms with Crippen LogP contribution in [0.1, 0.15) is 59.7 Å². The van der Waals surface area contributed by atoms with Gasteiger partial charge in [-0.15, -0.1) is 0 Å². The van der Waals surface area contributed by atoms with Crippen LogP contribution >= 0.6 is 0 Å². The number of aliphatic imine (C=N–C) groups is 1. The van der Waals surface area contributed by atoms with Gasteiger partial charge in [-0.2, -0.15) is 0 Å². The zero-order chi connectivity index (χ0) is 14.1. The molecule has 1 saturated carbocycles. The highest BCUT2D eigenvalue weighted by Crippen LogP contribution is 2.29. The van der Waals surface area contributed by atoms with Gasteiger partial charge in [0.2, 0.25) is 0 Å². The summed E-state index contributed by atoms with van der Waals surface area (Å²) in [5.41, 5.74) is 1.81. The van der Waals surface area contributed by atoms with Gasteiger partial charge in [0.05, 0.1) is 0 Å². The molecule has 3 heteroatoms. The minimum Gasteiger partial charge on any atom is -0.293 e. The summed E-state index contributed by atoms with van der Waals surface area (Å²) in [6.07, 6.45) is 5.85. The fourth-order valence-corrected chi connectivity index (χ4v) is 3.30. The number of nitrogens with zero attached hydrogens (tertiary/aromatic N) is 1. The molecule has 0 unspecified atom stereocenters. The number of rotatable bonds is 2. The van der Waals surface area contributed by atoms with Crippen molar-refractivity contribution in [1.29, 1.82) is 0 Å². The lowest BCUT2D eigenvalue weighted by atomic mass is 9.94. The molecule has 0 amide bonds. The summed E-state index contributed by atoms with van der Waals surface area (Å²) in [6, 6.07) is 7.39. The monoisotopic (exact) mass is 269 g/mol. The van der Waals surface area contributed by atoms with Gasteiger partial charge in [-0.25, -0.2) is 0 Å². The predicted molar refractivity (Wildman–Crippen MR) is 78.6 cm³/mol. The smallest absolute Gasteiger partial charge is 0.180 e. The highest BCUT2D eigenvalue weighted by atomic mass is 16.2. The number of benzene rings is 1. The van der Waals surface area contributed by atoms with Crippen molar-refractivity contribution in [2.45, 2.75) is 45.1 Å². The van der Waals surface area contributed by atoms with E-state index in [9.17, 15) is 9.59 Å². The Morgan fingerprint density at radius 2 is 1.55 bits per heavy atom. The first-order valence-electron chi connectivity index (χ1n) is 7.40. The number of fused-ring (bicyclic) bond motifs is 1. The molecule has 0 aliphatic heterocycles. The van der Waals surface area contributed by atoms with E-state index in [1.165, 1.54) is 19.3 Å². The molecular formula is C17H19NO2. The van der Waals surface area contributed by atoms with E-state index in [0.29, 0.717) is 22.9 Å². The Bertz CT molecular complexity index is 547. The molecule has 0 N–H and O–H groups in total. The molecule has 3 nitrogen and oxygen atoms in total. The van der Waals surface area contributed by atoms with Gasteiger partial charge in [0.15, 0.2) is 11.6 Å². The van der Waals surface area contributed by atoms with Crippen LogP contribution in [-0.2, 0) is 0 Å². The average Bonchev–Trinajstić information content (AvgIpc) is 2.72. The summed E-state index contributed by atoms with van der Waals surface area (Å²) >= 11 is 0. The summed E-state index contributed by atoms with van der Waals surface area (Å²) in [5.74, 6) is -0.834. The van der Waals surface area contributed by atoms with E-state index >= 15 is 0 Å². The molecule has 1 fully saturated rings. The number of hydrogen-bond acceptors (Lipinski definition) is 3. The van der Waals surface area contributed by atoms with Gasteiger partial charge >= 0.3 is 0 Å². The third kappa shape index (κ3) is 2.21. The quantitative estimate of drug-likeness (QED) is 0.609. The average molecular weight is 269 g/mol. The first-order valence-corrected chi connectivity index (χ1v) is 7.40. The van der Waals surface area contributed by atoms with Crippen LogP contribution in [0.5, 0.6) is 0 Å². The minimum absolute atomic E-state index is 0.0809. The molecule has 0 saturated heterocycles. The van der Waals surface area contributed by atoms with Crippen LogP contribution in [0.3, 0.4) is 0 Å². The van der Waals surface area contributed by atoms with Crippen LogP contribution in [0.25, 0.3) is 0 Å². The number of ketones is 2. The molecule has 0 aromatic heterocycles. The summed E-state index contributed by atoms with van der Waals surface area (Å²) in [4.78, 5) is 29.5. The Hall–Kier alpha value is -1.77. The summed E-state index contributed by atoms with van der Waals surface area (Å²) in [7, 11) is 0. The second kappa shape index (κ2) is 5.31. The largest absolute Gasteiger partial charge is 0.293 e. The van der Waals surface area contributed by atoms with Crippen LogP contribution in [0.2, 0.25) is 0 Å². The Kier molecular flexibility index (Phi) is 3.51. The molecule has 2 aliphatic carbocycles. The van der Waals surface area contributed by atoms with Gasteiger partial charge in [-0.3, -0.25) is 14.6 Å².